The van der Waals surface area contributed by atoms with Crippen LogP contribution in [0.4, 0.5) is 4.79 Å². The number of hydrogen-bond acceptors (Lipinski definition) is 4. The SMILES string of the molecule is CC(C)C1(CC2OC(=O)N[C@H]2CC2CCCCC2)SCCCS1. The van der Waals surface area contributed by atoms with E-state index in [0.29, 0.717) is 5.92 Å². The van der Waals surface area contributed by atoms with E-state index in [2.05, 4.69) is 42.7 Å². The van der Waals surface area contributed by atoms with Gasteiger partial charge < -0.3 is 10.1 Å². The summed E-state index contributed by atoms with van der Waals surface area (Å²) in [6.07, 6.45) is 10.0. The van der Waals surface area contributed by atoms with Gasteiger partial charge in [-0.05, 0) is 36.2 Å². The van der Waals surface area contributed by atoms with Crippen LogP contribution in [0.15, 0.2) is 0 Å². The number of rotatable bonds is 5. The summed E-state index contributed by atoms with van der Waals surface area (Å²) in [4.78, 5) is 11.9. The fourth-order valence-electron chi connectivity index (χ4n) is 4.23. The normalized spacial score (nSPS) is 31.9. The van der Waals surface area contributed by atoms with Gasteiger partial charge in [0, 0.05) is 6.42 Å². The first kappa shape index (κ1) is 17.8. The topological polar surface area (TPSA) is 38.3 Å². The first-order chi connectivity index (χ1) is 11.1. The van der Waals surface area contributed by atoms with E-state index in [1.165, 1.54) is 50.0 Å². The molecular formula is C18H31NO2S2. The number of carbonyl (C=O) groups is 1. The summed E-state index contributed by atoms with van der Waals surface area (Å²) in [5, 5.41) is 3.12. The fourth-order valence-corrected chi connectivity index (χ4v) is 7.75. The first-order valence-corrected chi connectivity index (χ1v) is 11.3. The second kappa shape index (κ2) is 7.90. The predicted octanol–water partition coefficient (Wildman–Crippen LogP) is 5.05. The summed E-state index contributed by atoms with van der Waals surface area (Å²) in [5.74, 6) is 3.87. The molecule has 1 amide bonds. The third-order valence-corrected chi connectivity index (χ3v) is 9.62. The van der Waals surface area contributed by atoms with Crippen molar-refractivity contribution < 1.29 is 9.53 Å². The van der Waals surface area contributed by atoms with E-state index < -0.39 is 0 Å². The molecule has 132 valence electrons. The number of nitrogens with one attached hydrogen (secondary N) is 1. The lowest BCUT2D eigenvalue weighted by Crippen LogP contribution is -2.41. The van der Waals surface area contributed by atoms with Crippen molar-refractivity contribution in [2.24, 2.45) is 11.8 Å². The molecule has 2 atom stereocenters. The van der Waals surface area contributed by atoms with Crippen molar-refractivity contribution in [2.75, 3.05) is 11.5 Å². The Kier molecular flexibility index (Phi) is 6.11. The van der Waals surface area contributed by atoms with Gasteiger partial charge in [-0.25, -0.2) is 4.79 Å². The molecule has 3 aliphatic rings. The van der Waals surface area contributed by atoms with Crippen molar-refractivity contribution in [3.05, 3.63) is 0 Å². The van der Waals surface area contributed by atoms with Gasteiger partial charge in [0.15, 0.2) is 0 Å². The van der Waals surface area contributed by atoms with Crippen LogP contribution >= 0.6 is 23.5 Å². The van der Waals surface area contributed by atoms with Crippen LogP contribution < -0.4 is 5.32 Å². The quantitative estimate of drug-likeness (QED) is 0.747. The van der Waals surface area contributed by atoms with Crippen LogP contribution in [0, 0.1) is 11.8 Å². The van der Waals surface area contributed by atoms with E-state index in [-0.39, 0.29) is 22.3 Å². The van der Waals surface area contributed by atoms with Crippen LogP contribution in [0.5, 0.6) is 0 Å². The van der Waals surface area contributed by atoms with Crippen molar-refractivity contribution >= 4 is 29.6 Å². The number of amides is 1. The van der Waals surface area contributed by atoms with E-state index in [9.17, 15) is 4.79 Å². The number of carbonyl (C=O) groups excluding carboxylic acids is 1. The van der Waals surface area contributed by atoms with Gasteiger partial charge in [-0.2, -0.15) is 0 Å². The second-order valence-electron chi connectivity index (χ2n) is 7.66. The van der Waals surface area contributed by atoms with Crippen LogP contribution in [-0.2, 0) is 4.74 Å². The Morgan fingerprint density at radius 2 is 1.87 bits per heavy atom. The Morgan fingerprint density at radius 1 is 1.17 bits per heavy atom. The fraction of sp³-hybridized carbons (Fsp3) is 0.944. The van der Waals surface area contributed by atoms with Gasteiger partial charge in [-0.15, -0.1) is 23.5 Å². The molecule has 2 aliphatic heterocycles. The summed E-state index contributed by atoms with van der Waals surface area (Å²) in [6, 6.07) is 0.226. The number of alkyl carbamates (subject to hydrolysis) is 1. The molecule has 3 nitrogen and oxygen atoms in total. The Hall–Kier alpha value is -0.0300. The second-order valence-corrected chi connectivity index (χ2v) is 10.8. The Balaban J connectivity index is 1.64. The van der Waals surface area contributed by atoms with Crippen molar-refractivity contribution in [1.29, 1.82) is 0 Å². The molecule has 23 heavy (non-hydrogen) atoms. The molecule has 3 rings (SSSR count). The van der Waals surface area contributed by atoms with Crippen LogP contribution in [0.2, 0.25) is 0 Å². The van der Waals surface area contributed by atoms with Crippen molar-refractivity contribution in [2.45, 2.75) is 81.4 Å². The van der Waals surface area contributed by atoms with Gasteiger partial charge in [-0.1, -0.05) is 46.0 Å². The molecule has 1 saturated carbocycles. The van der Waals surface area contributed by atoms with E-state index in [4.69, 9.17) is 4.74 Å². The van der Waals surface area contributed by atoms with Gasteiger partial charge in [-0.3, -0.25) is 0 Å². The zero-order valence-electron chi connectivity index (χ0n) is 14.5. The molecule has 0 radical (unpaired) electrons. The maximum absolute atomic E-state index is 11.9. The maximum Gasteiger partial charge on any atom is 0.407 e. The number of thioether (sulfide) groups is 2. The van der Waals surface area contributed by atoms with Crippen molar-refractivity contribution in [3.63, 3.8) is 0 Å². The molecule has 2 saturated heterocycles. The van der Waals surface area contributed by atoms with Gasteiger partial charge in [0.25, 0.3) is 0 Å². The molecule has 1 unspecified atom stereocenters. The van der Waals surface area contributed by atoms with Gasteiger partial charge in [0.05, 0.1) is 10.1 Å². The Labute approximate surface area is 149 Å². The van der Waals surface area contributed by atoms with Crippen LogP contribution in [0.3, 0.4) is 0 Å². The lowest BCUT2D eigenvalue weighted by atomic mass is 9.83. The number of ether oxygens (including phenoxy) is 1. The third kappa shape index (κ3) is 4.33. The third-order valence-electron chi connectivity index (χ3n) is 5.67. The molecule has 0 aromatic carbocycles. The molecule has 3 fully saturated rings. The molecule has 2 heterocycles. The molecule has 5 heteroatoms. The first-order valence-electron chi connectivity index (χ1n) is 9.34. The number of cyclic esters (lactones) is 1. The minimum absolute atomic E-state index is 0.0601. The Bertz CT molecular complexity index is 404. The summed E-state index contributed by atoms with van der Waals surface area (Å²) >= 11 is 4.20. The van der Waals surface area contributed by atoms with E-state index in [1.54, 1.807) is 0 Å². The molecule has 0 aromatic rings. The summed E-state index contributed by atoms with van der Waals surface area (Å²) in [7, 11) is 0. The molecule has 1 N–H and O–H groups in total. The molecule has 1 aliphatic carbocycles. The Morgan fingerprint density at radius 3 is 2.52 bits per heavy atom. The smallest absolute Gasteiger partial charge is 0.407 e. The minimum atomic E-state index is -0.194. The van der Waals surface area contributed by atoms with Crippen LogP contribution in [0.1, 0.15) is 65.2 Å². The van der Waals surface area contributed by atoms with Gasteiger partial charge in [0.2, 0.25) is 0 Å². The van der Waals surface area contributed by atoms with Crippen molar-refractivity contribution in [3.8, 4) is 0 Å². The van der Waals surface area contributed by atoms with Crippen LogP contribution in [0.25, 0.3) is 0 Å². The highest BCUT2D eigenvalue weighted by Crippen LogP contribution is 2.51. The monoisotopic (exact) mass is 357 g/mol. The minimum Gasteiger partial charge on any atom is -0.444 e. The molecule has 0 bridgehead atoms. The van der Waals surface area contributed by atoms with E-state index in [0.717, 1.165) is 18.8 Å². The van der Waals surface area contributed by atoms with E-state index in [1.807, 2.05) is 0 Å². The summed E-state index contributed by atoms with van der Waals surface area (Å²) in [6.45, 7) is 4.65. The summed E-state index contributed by atoms with van der Waals surface area (Å²) in [5.41, 5.74) is 0. The average molecular weight is 358 g/mol. The highest BCUT2D eigenvalue weighted by atomic mass is 32.2. The number of hydrogen-bond donors (Lipinski definition) is 1. The highest BCUT2D eigenvalue weighted by molar-refractivity contribution is 8.18. The lowest BCUT2D eigenvalue weighted by Gasteiger charge is -2.41. The predicted molar refractivity (Wildman–Crippen MR) is 100 cm³/mol. The largest absolute Gasteiger partial charge is 0.444 e. The standard InChI is InChI=1S/C18H31NO2S2/c1-13(2)18(22-9-6-10-23-18)12-16-15(19-17(20)21-16)11-14-7-4-3-5-8-14/h13-16H,3-12H2,1-2H3,(H,19,20)/t15-,16?/m0/s1. The maximum atomic E-state index is 11.9. The molecular weight excluding hydrogens is 326 g/mol. The summed E-state index contributed by atoms with van der Waals surface area (Å²) < 4.78 is 5.94. The molecule has 0 aromatic heterocycles. The van der Waals surface area contributed by atoms with Gasteiger partial charge >= 0.3 is 6.09 Å². The average Bonchev–Trinajstić information content (AvgIpc) is 2.88. The highest BCUT2D eigenvalue weighted by Gasteiger charge is 2.45. The van der Waals surface area contributed by atoms with Crippen molar-refractivity contribution in [1.82, 2.24) is 5.32 Å². The zero-order valence-corrected chi connectivity index (χ0v) is 16.1. The van der Waals surface area contributed by atoms with Gasteiger partial charge in [0.1, 0.15) is 6.10 Å². The lowest BCUT2D eigenvalue weighted by molar-refractivity contribution is 0.115. The molecule has 0 spiro atoms. The zero-order chi connectivity index (χ0) is 16.3. The van der Waals surface area contributed by atoms with Crippen LogP contribution in [-0.4, -0.2) is 33.8 Å². The van der Waals surface area contributed by atoms with E-state index >= 15 is 0 Å².